The van der Waals surface area contributed by atoms with Gasteiger partial charge in [0.05, 0.1) is 20.3 Å². The molecule has 156 valence electrons. The van der Waals surface area contributed by atoms with Gasteiger partial charge >= 0.3 is 5.97 Å². The molecule has 2 N–H and O–H groups in total. The average Bonchev–Trinajstić information content (AvgIpc) is 2.68. The Balaban J connectivity index is 1.94. The van der Waals surface area contributed by atoms with E-state index in [2.05, 4.69) is 5.32 Å². The van der Waals surface area contributed by atoms with Gasteiger partial charge in [0.15, 0.2) is 12.4 Å². The molecular formula is C20H29NO7. The average molecular weight is 395 g/mol. The summed E-state index contributed by atoms with van der Waals surface area (Å²) in [4.78, 5) is 24.1. The Morgan fingerprint density at radius 2 is 2.00 bits per heavy atom. The molecule has 0 radical (unpaired) electrons. The van der Waals surface area contributed by atoms with Crippen molar-refractivity contribution < 1.29 is 33.6 Å². The molecule has 1 amide bonds. The van der Waals surface area contributed by atoms with Crippen LogP contribution in [0.4, 0.5) is 0 Å². The molecule has 28 heavy (non-hydrogen) atoms. The Hall–Kier alpha value is -2.16. The van der Waals surface area contributed by atoms with E-state index in [1.807, 2.05) is 26.0 Å². The molecule has 1 aromatic carbocycles. The molecule has 1 heterocycles. The number of methoxy groups -OCH3 is 1. The Kier molecular flexibility index (Phi) is 7.79. The Bertz CT molecular complexity index is 659. The lowest BCUT2D eigenvalue weighted by molar-refractivity contribution is -0.258. The fourth-order valence-corrected chi connectivity index (χ4v) is 2.85. The number of amides is 1. The van der Waals surface area contributed by atoms with Crippen LogP contribution in [0.1, 0.15) is 39.0 Å². The smallest absolute Gasteiger partial charge is 0.335 e. The van der Waals surface area contributed by atoms with E-state index in [4.69, 9.17) is 18.9 Å². The summed E-state index contributed by atoms with van der Waals surface area (Å²) in [5.74, 6) is -0.295. The van der Waals surface area contributed by atoms with Crippen LogP contribution in [-0.2, 0) is 23.8 Å². The highest BCUT2D eigenvalue weighted by molar-refractivity contribution is 5.82. The number of benzene rings is 1. The maximum atomic E-state index is 12.7. The second-order valence-corrected chi connectivity index (χ2v) is 7.27. The predicted octanol–water partition coefficient (Wildman–Crippen LogP) is 1.57. The third-order valence-corrected chi connectivity index (χ3v) is 4.48. The van der Waals surface area contributed by atoms with Crippen LogP contribution in [0.25, 0.3) is 0 Å². The van der Waals surface area contributed by atoms with Crippen LogP contribution in [0.2, 0.25) is 0 Å². The molecule has 1 aromatic rings. The van der Waals surface area contributed by atoms with Gasteiger partial charge in [-0.05, 0) is 19.1 Å². The van der Waals surface area contributed by atoms with Crippen molar-refractivity contribution >= 4 is 11.9 Å². The number of hydrogen-bond acceptors (Lipinski definition) is 7. The number of nitrogens with one attached hydrogen (secondary N) is 1. The van der Waals surface area contributed by atoms with Crippen LogP contribution >= 0.6 is 0 Å². The van der Waals surface area contributed by atoms with Crippen molar-refractivity contribution in [3.05, 3.63) is 29.8 Å². The summed E-state index contributed by atoms with van der Waals surface area (Å²) in [6.45, 7) is 6.09. The lowest BCUT2D eigenvalue weighted by atomic mass is 9.85. The zero-order valence-corrected chi connectivity index (χ0v) is 16.8. The van der Waals surface area contributed by atoms with E-state index in [-0.39, 0.29) is 25.5 Å². The third kappa shape index (κ3) is 5.67. The Labute approximate surface area is 165 Å². The van der Waals surface area contributed by atoms with Crippen molar-refractivity contribution in [2.45, 2.75) is 45.7 Å². The molecule has 0 aromatic heterocycles. The normalized spacial score (nSPS) is 22.2. The molecule has 1 aliphatic rings. The molecule has 3 atom stereocenters. The van der Waals surface area contributed by atoms with Crippen LogP contribution in [-0.4, -0.2) is 56.1 Å². The van der Waals surface area contributed by atoms with Gasteiger partial charge in [0.25, 0.3) is 0 Å². The minimum atomic E-state index is -1.27. The molecule has 8 nitrogen and oxygen atoms in total. The lowest BCUT2D eigenvalue weighted by Crippen LogP contribution is -2.52. The van der Waals surface area contributed by atoms with Crippen LogP contribution in [0.15, 0.2) is 24.3 Å². The molecule has 0 bridgehead atoms. The van der Waals surface area contributed by atoms with Gasteiger partial charge in [0, 0.05) is 23.9 Å². The van der Waals surface area contributed by atoms with Crippen molar-refractivity contribution in [3.8, 4) is 5.75 Å². The van der Waals surface area contributed by atoms with Gasteiger partial charge in [-0.15, -0.1) is 0 Å². The van der Waals surface area contributed by atoms with Gasteiger partial charge in [-0.1, -0.05) is 26.0 Å². The van der Waals surface area contributed by atoms with Crippen LogP contribution in [0, 0.1) is 5.41 Å². The molecule has 1 fully saturated rings. The number of aliphatic hydroxyl groups excluding tert-OH is 1. The van der Waals surface area contributed by atoms with Crippen LogP contribution in [0.3, 0.4) is 0 Å². The lowest BCUT2D eigenvalue weighted by Gasteiger charge is -2.41. The van der Waals surface area contributed by atoms with Gasteiger partial charge in [0.2, 0.25) is 5.91 Å². The fourth-order valence-electron chi connectivity index (χ4n) is 2.85. The highest BCUT2D eigenvalue weighted by Crippen LogP contribution is 2.36. The van der Waals surface area contributed by atoms with E-state index in [0.29, 0.717) is 12.4 Å². The van der Waals surface area contributed by atoms with E-state index in [9.17, 15) is 14.7 Å². The number of esters is 1. The second kappa shape index (κ2) is 9.86. The van der Waals surface area contributed by atoms with E-state index in [0.717, 1.165) is 5.56 Å². The van der Waals surface area contributed by atoms with E-state index >= 15 is 0 Å². The van der Waals surface area contributed by atoms with Gasteiger partial charge in [-0.2, -0.15) is 0 Å². The van der Waals surface area contributed by atoms with E-state index in [1.54, 1.807) is 26.2 Å². The monoisotopic (exact) mass is 395 g/mol. The van der Waals surface area contributed by atoms with Crippen LogP contribution in [0.5, 0.6) is 5.75 Å². The Morgan fingerprint density at radius 3 is 2.61 bits per heavy atom. The summed E-state index contributed by atoms with van der Waals surface area (Å²) in [7, 11) is 1.59. The highest BCUT2D eigenvalue weighted by Gasteiger charge is 2.43. The summed E-state index contributed by atoms with van der Waals surface area (Å²) >= 11 is 0. The number of rotatable bonds is 8. The maximum Gasteiger partial charge on any atom is 0.335 e. The van der Waals surface area contributed by atoms with Gasteiger partial charge in [0.1, 0.15) is 11.9 Å². The summed E-state index contributed by atoms with van der Waals surface area (Å²) in [5.41, 5.74) is 0.249. The SMILES string of the molecule is CCOC(=O)C(O)CCNC(=O)[C@@H]1O[C@H](c2ccc(OC)cc2)OCC1(C)C. The number of aliphatic hydroxyl groups is 1. The largest absolute Gasteiger partial charge is 0.497 e. The molecule has 2 rings (SSSR count). The van der Waals surface area contributed by atoms with Gasteiger partial charge in [-0.25, -0.2) is 4.79 Å². The molecule has 1 saturated heterocycles. The fraction of sp³-hybridized carbons (Fsp3) is 0.600. The molecular weight excluding hydrogens is 366 g/mol. The number of carbonyl (C=O) groups is 2. The van der Waals surface area contributed by atoms with Gasteiger partial charge in [-0.3, -0.25) is 4.79 Å². The molecule has 1 aliphatic heterocycles. The molecule has 1 unspecified atom stereocenters. The first-order valence-electron chi connectivity index (χ1n) is 9.32. The first-order chi connectivity index (χ1) is 13.3. The number of hydrogen-bond donors (Lipinski definition) is 2. The number of carbonyl (C=O) groups excluding carboxylic acids is 2. The van der Waals surface area contributed by atoms with Crippen molar-refractivity contribution in [3.63, 3.8) is 0 Å². The second-order valence-electron chi connectivity index (χ2n) is 7.27. The highest BCUT2D eigenvalue weighted by atomic mass is 16.7. The summed E-state index contributed by atoms with van der Waals surface area (Å²) < 4.78 is 21.6. The maximum absolute atomic E-state index is 12.7. The molecule has 0 aliphatic carbocycles. The summed E-state index contributed by atoms with van der Waals surface area (Å²) in [6, 6.07) is 7.25. The third-order valence-electron chi connectivity index (χ3n) is 4.48. The van der Waals surface area contributed by atoms with Gasteiger partial charge < -0.3 is 29.4 Å². The molecule has 0 spiro atoms. The zero-order chi connectivity index (χ0) is 20.7. The zero-order valence-electron chi connectivity index (χ0n) is 16.8. The Morgan fingerprint density at radius 1 is 1.32 bits per heavy atom. The first-order valence-corrected chi connectivity index (χ1v) is 9.32. The molecule has 0 saturated carbocycles. The van der Waals surface area contributed by atoms with Crippen molar-refractivity contribution in [2.24, 2.45) is 5.41 Å². The first kappa shape index (κ1) is 22.1. The minimum absolute atomic E-state index is 0.0656. The minimum Gasteiger partial charge on any atom is -0.497 e. The van der Waals surface area contributed by atoms with Crippen molar-refractivity contribution in [1.82, 2.24) is 5.32 Å². The topological polar surface area (TPSA) is 103 Å². The standard InChI is InChI=1S/C20H29NO7/c1-5-26-18(24)15(22)10-11-21-17(23)16-20(2,3)12-27-19(28-16)13-6-8-14(25-4)9-7-13/h6-9,15-16,19,22H,5,10-12H2,1-4H3,(H,21,23)/t15?,16-,19+/m0/s1. The van der Waals surface area contributed by atoms with E-state index in [1.165, 1.54) is 0 Å². The number of ether oxygens (including phenoxy) is 4. The quantitative estimate of drug-likeness (QED) is 0.644. The summed E-state index contributed by atoms with van der Waals surface area (Å²) in [6.07, 6.45) is -2.61. The summed E-state index contributed by atoms with van der Waals surface area (Å²) in [5, 5.41) is 12.4. The predicted molar refractivity (Wildman–Crippen MR) is 101 cm³/mol. The van der Waals surface area contributed by atoms with Crippen molar-refractivity contribution in [2.75, 3.05) is 26.9 Å². The molecule has 8 heteroatoms. The van der Waals surface area contributed by atoms with Crippen molar-refractivity contribution in [1.29, 1.82) is 0 Å². The van der Waals surface area contributed by atoms with E-state index < -0.39 is 29.9 Å². The van der Waals surface area contributed by atoms with Crippen LogP contribution < -0.4 is 10.1 Å².